The fourth-order valence-electron chi connectivity index (χ4n) is 2.81. The summed E-state index contributed by atoms with van der Waals surface area (Å²) in [6.07, 6.45) is 4.89. The SMILES string of the molecule is Fc1ccccc1CNc1c(Cl)cnc2ccc(-c3cnc(Cl)nc3)cc12. The molecule has 0 spiro atoms. The molecule has 4 aromatic rings. The maximum absolute atomic E-state index is 13.9. The number of nitrogens with zero attached hydrogens (tertiary/aromatic N) is 3. The van der Waals surface area contributed by atoms with Gasteiger partial charge in [0.2, 0.25) is 5.28 Å². The Morgan fingerprint density at radius 3 is 2.44 bits per heavy atom. The molecule has 0 saturated heterocycles. The van der Waals surface area contributed by atoms with E-state index in [2.05, 4.69) is 20.3 Å². The Kier molecular flexibility index (Phi) is 4.88. The molecule has 0 aliphatic rings. The first-order valence-corrected chi connectivity index (χ1v) is 8.91. The highest BCUT2D eigenvalue weighted by atomic mass is 35.5. The summed E-state index contributed by atoms with van der Waals surface area (Å²) in [5, 5.41) is 4.71. The Hall–Kier alpha value is -2.76. The number of halogens is 3. The average Bonchev–Trinajstić information content (AvgIpc) is 2.68. The van der Waals surface area contributed by atoms with Crippen molar-refractivity contribution in [2.45, 2.75) is 6.54 Å². The van der Waals surface area contributed by atoms with Crippen molar-refractivity contribution in [3.8, 4) is 11.1 Å². The van der Waals surface area contributed by atoms with Crippen LogP contribution < -0.4 is 5.32 Å². The van der Waals surface area contributed by atoms with E-state index in [1.807, 2.05) is 18.2 Å². The van der Waals surface area contributed by atoms with Crippen LogP contribution in [0.2, 0.25) is 10.3 Å². The Labute approximate surface area is 165 Å². The number of hydrogen-bond acceptors (Lipinski definition) is 4. The molecule has 0 bridgehead atoms. The fourth-order valence-corrected chi connectivity index (χ4v) is 3.13. The Bertz CT molecular complexity index is 1120. The molecular formula is C20H13Cl2FN4. The van der Waals surface area contributed by atoms with E-state index in [-0.39, 0.29) is 11.1 Å². The number of fused-ring (bicyclic) bond motifs is 1. The standard InChI is InChI=1S/C20H13Cl2FN4/c21-16-11-24-18-6-5-12(14-9-26-20(22)27-10-14)7-15(18)19(16)25-8-13-3-1-2-4-17(13)23/h1-7,9-11H,8H2,(H,24,25). The largest absolute Gasteiger partial charge is 0.379 e. The zero-order chi connectivity index (χ0) is 18.8. The van der Waals surface area contributed by atoms with Crippen molar-refractivity contribution in [1.82, 2.24) is 15.0 Å². The predicted octanol–water partition coefficient (Wildman–Crippen LogP) is 5.75. The molecule has 0 atom stereocenters. The second-order valence-corrected chi connectivity index (χ2v) is 6.64. The van der Waals surface area contributed by atoms with Crippen molar-refractivity contribution in [2.24, 2.45) is 0 Å². The topological polar surface area (TPSA) is 50.7 Å². The lowest BCUT2D eigenvalue weighted by Gasteiger charge is -2.13. The highest BCUT2D eigenvalue weighted by Crippen LogP contribution is 2.33. The normalized spacial score (nSPS) is 10.9. The number of pyridine rings is 1. The highest BCUT2D eigenvalue weighted by molar-refractivity contribution is 6.34. The molecule has 2 aromatic carbocycles. The van der Waals surface area contributed by atoms with E-state index in [0.29, 0.717) is 22.8 Å². The van der Waals surface area contributed by atoms with Crippen molar-refractivity contribution in [2.75, 3.05) is 5.32 Å². The summed E-state index contributed by atoms with van der Waals surface area (Å²) in [7, 11) is 0. The lowest BCUT2D eigenvalue weighted by molar-refractivity contribution is 0.613. The molecule has 7 heteroatoms. The Morgan fingerprint density at radius 2 is 1.67 bits per heavy atom. The van der Waals surface area contributed by atoms with Crippen LogP contribution in [0.25, 0.3) is 22.0 Å². The molecule has 0 fully saturated rings. The van der Waals surface area contributed by atoms with Crippen LogP contribution in [-0.2, 0) is 6.54 Å². The van der Waals surface area contributed by atoms with Gasteiger partial charge in [-0.05, 0) is 35.4 Å². The van der Waals surface area contributed by atoms with E-state index in [0.717, 1.165) is 22.0 Å². The van der Waals surface area contributed by atoms with Gasteiger partial charge in [0.15, 0.2) is 0 Å². The third kappa shape index (κ3) is 3.70. The minimum atomic E-state index is -0.265. The fraction of sp³-hybridized carbons (Fsp3) is 0.0500. The van der Waals surface area contributed by atoms with E-state index in [4.69, 9.17) is 23.2 Å². The lowest BCUT2D eigenvalue weighted by Crippen LogP contribution is -2.03. The van der Waals surface area contributed by atoms with Gasteiger partial charge in [-0.15, -0.1) is 0 Å². The maximum atomic E-state index is 13.9. The third-order valence-corrected chi connectivity index (χ3v) is 4.67. The minimum Gasteiger partial charge on any atom is -0.379 e. The quantitative estimate of drug-likeness (QED) is 0.444. The van der Waals surface area contributed by atoms with Gasteiger partial charge in [0.25, 0.3) is 0 Å². The van der Waals surface area contributed by atoms with Gasteiger partial charge in [0.1, 0.15) is 5.82 Å². The van der Waals surface area contributed by atoms with E-state index in [1.165, 1.54) is 6.07 Å². The van der Waals surface area contributed by atoms with Gasteiger partial charge in [0, 0.05) is 41.6 Å². The minimum absolute atomic E-state index is 0.191. The van der Waals surface area contributed by atoms with E-state index < -0.39 is 0 Å². The molecule has 0 aliphatic heterocycles. The third-order valence-electron chi connectivity index (χ3n) is 4.19. The highest BCUT2D eigenvalue weighted by Gasteiger charge is 2.11. The van der Waals surface area contributed by atoms with Crippen LogP contribution in [0.15, 0.2) is 61.1 Å². The number of aromatic nitrogens is 3. The summed E-state index contributed by atoms with van der Waals surface area (Å²) in [5.74, 6) is -0.265. The van der Waals surface area contributed by atoms with Gasteiger partial charge < -0.3 is 5.32 Å². The molecule has 0 aliphatic carbocycles. The van der Waals surface area contributed by atoms with Gasteiger partial charge >= 0.3 is 0 Å². The molecule has 134 valence electrons. The van der Waals surface area contributed by atoms with E-state index in [1.54, 1.807) is 36.8 Å². The van der Waals surface area contributed by atoms with Gasteiger partial charge in [-0.3, -0.25) is 4.98 Å². The average molecular weight is 399 g/mol. The molecular weight excluding hydrogens is 386 g/mol. The van der Waals surface area contributed by atoms with Crippen LogP contribution in [0.5, 0.6) is 0 Å². The first kappa shape index (κ1) is 17.6. The molecule has 4 rings (SSSR count). The van der Waals surface area contributed by atoms with Gasteiger partial charge in [-0.2, -0.15) is 0 Å². The van der Waals surface area contributed by atoms with Crippen LogP contribution in [0.1, 0.15) is 5.56 Å². The molecule has 4 nitrogen and oxygen atoms in total. The van der Waals surface area contributed by atoms with Crippen molar-refractivity contribution < 1.29 is 4.39 Å². The Balaban J connectivity index is 1.74. The summed E-state index contributed by atoms with van der Waals surface area (Å²) in [4.78, 5) is 12.4. The summed E-state index contributed by atoms with van der Waals surface area (Å²) in [5.41, 5.74) is 3.75. The first-order valence-electron chi connectivity index (χ1n) is 8.15. The molecule has 1 N–H and O–H groups in total. The summed E-state index contributed by atoms with van der Waals surface area (Å²) < 4.78 is 13.9. The Morgan fingerprint density at radius 1 is 0.889 bits per heavy atom. The first-order chi connectivity index (χ1) is 13.1. The maximum Gasteiger partial charge on any atom is 0.222 e. The van der Waals surface area contributed by atoms with Crippen molar-refractivity contribution in [1.29, 1.82) is 0 Å². The molecule has 27 heavy (non-hydrogen) atoms. The van der Waals surface area contributed by atoms with Crippen LogP contribution in [0.3, 0.4) is 0 Å². The number of hydrogen-bond donors (Lipinski definition) is 1. The molecule has 0 radical (unpaired) electrons. The number of anilines is 1. The molecule has 2 aromatic heterocycles. The summed E-state index contributed by atoms with van der Waals surface area (Å²) >= 11 is 12.1. The lowest BCUT2D eigenvalue weighted by atomic mass is 10.0. The summed E-state index contributed by atoms with van der Waals surface area (Å²) in [6, 6.07) is 12.4. The van der Waals surface area contributed by atoms with Crippen molar-refractivity contribution in [3.63, 3.8) is 0 Å². The van der Waals surface area contributed by atoms with Crippen LogP contribution in [0.4, 0.5) is 10.1 Å². The van der Waals surface area contributed by atoms with Crippen LogP contribution in [0, 0.1) is 5.82 Å². The van der Waals surface area contributed by atoms with E-state index >= 15 is 0 Å². The number of benzene rings is 2. The zero-order valence-corrected chi connectivity index (χ0v) is 15.5. The molecule has 0 unspecified atom stereocenters. The molecule has 2 heterocycles. The van der Waals surface area contributed by atoms with Crippen molar-refractivity contribution >= 4 is 39.8 Å². The predicted molar refractivity (Wildman–Crippen MR) is 107 cm³/mol. The van der Waals surface area contributed by atoms with Crippen LogP contribution in [-0.4, -0.2) is 15.0 Å². The van der Waals surface area contributed by atoms with E-state index in [9.17, 15) is 4.39 Å². The summed E-state index contributed by atoms with van der Waals surface area (Å²) in [6.45, 7) is 0.305. The monoisotopic (exact) mass is 398 g/mol. The van der Waals surface area contributed by atoms with Gasteiger partial charge in [0.05, 0.1) is 16.2 Å². The molecule has 0 amide bonds. The van der Waals surface area contributed by atoms with Crippen LogP contribution >= 0.6 is 23.2 Å². The van der Waals surface area contributed by atoms with Crippen molar-refractivity contribution in [3.05, 3.63) is 82.7 Å². The second kappa shape index (κ2) is 7.47. The number of nitrogens with one attached hydrogen (secondary N) is 1. The van der Waals surface area contributed by atoms with Gasteiger partial charge in [-0.1, -0.05) is 35.9 Å². The van der Waals surface area contributed by atoms with Gasteiger partial charge in [-0.25, -0.2) is 14.4 Å². The number of rotatable bonds is 4. The smallest absolute Gasteiger partial charge is 0.222 e. The second-order valence-electron chi connectivity index (χ2n) is 5.90. The zero-order valence-electron chi connectivity index (χ0n) is 14.0. The molecule has 0 saturated carbocycles.